The number of hydrogen-bond acceptors (Lipinski definition) is 4. The van der Waals surface area contributed by atoms with Gasteiger partial charge in [-0.15, -0.1) is 0 Å². The number of halogens is 1. The molecule has 0 saturated heterocycles. The second-order valence-electron chi connectivity index (χ2n) is 8.64. The summed E-state index contributed by atoms with van der Waals surface area (Å²) >= 11 is 0. The fourth-order valence-corrected chi connectivity index (χ4v) is 6.39. The van der Waals surface area contributed by atoms with Gasteiger partial charge in [0.15, 0.2) is 0 Å². The number of aliphatic hydroxyl groups is 1. The number of aliphatic hydroxyl groups excluding tert-OH is 1. The molecule has 0 heterocycles. The Labute approximate surface area is 192 Å². The molecule has 0 radical (unpaired) electrons. The summed E-state index contributed by atoms with van der Waals surface area (Å²) in [6.45, 7) is 0. The number of aliphatic carboxylic acids is 1. The molecule has 1 spiro atoms. The minimum absolute atomic E-state index is 0.114. The van der Waals surface area contributed by atoms with Crippen LogP contribution in [0.25, 0.3) is 5.57 Å². The highest BCUT2D eigenvalue weighted by Crippen LogP contribution is 2.55. The molecular weight excluding hydrogens is 442 g/mol. The van der Waals surface area contributed by atoms with Gasteiger partial charge in [0.1, 0.15) is 5.82 Å². The van der Waals surface area contributed by atoms with Crippen LogP contribution < -0.4 is 0 Å². The van der Waals surface area contributed by atoms with Crippen molar-refractivity contribution >= 4 is 18.9 Å². The van der Waals surface area contributed by atoms with Crippen molar-refractivity contribution in [2.75, 3.05) is 13.3 Å². The van der Waals surface area contributed by atoms with Crippen LogP contribution in [-0.4, -0.2) is 35.6 Å². The van der Waals surface area contributed by atoms with Crippen molar-refractivity contribution < 1.29 is 28.5 Å². The molecule has 2 aliphatic rings. The van der Waals surface area contributed by atoms with Gasteiger partial charge in [0.2, 0.25) is 0 Å². The second kappa shape index (κ2) is 9.27. The molecular formula is C26H26FO5P. The Hall–Kier alpha value is -2.71. The van der Waals surface area contributed by atoms with Crippen LogP contribution in [0.3, 0.4) is 0 Å². The third-order valence-electron chi connectivity index (χ3n) is 6.55. The minimum Gasteiger partial charge on any atom is -0.481 e. The molecule has 0 aliphatic heterocycles. The molecule has 4 atom stereocenters. The molecule has 172 valence electrons. The van der Waals surface area contributed by atoms with Gasteiger partial charge >= 0.3 is 5.97 Å². The van der Waals surface area contributed by atoms with Gasteiger partial charge in [-0.25, -0.2) is 4.39 Å². The summed E-state index contributed by atoms with van der Waals surface area (Å²) in [5.74, 6) is 1.61. The predicted octanol–water partition coefficient (Wildman–Crippen LogP) is 5.03. The molecule has 2 N–H and O–H groups in total. The molecule has 2 aromatic rings. The van der Waals surface area contributed by atoms with E-state index in [1.165, 1.54) is 19.2 Å². The average molecular weight is 468 g/mol. The van der Waals surface area contributed by atoms with Crippen LogP contribution in [0.15, 0.2) is 54.6 Å². The standard InChI is InChI=1S/C26H26FO5P/c1-32-33(31,17-21(28)15-25(29)30)14-12-19-5-4-13-26(19)16-23(18-8-10-20(27)11-9-18)22-6-2-3-7-24(22)26/h2-3,6-11,16,19,21,28H,4-5,13,15,17H2,1H3,(H,29,30)/t19?,21-,26?,33?/m0/s1. The van der Waals surface area contributed by atoms with Crippen molar-refractivity contribution in [3.05, 3.63) is 77.1 Å². The molecule has 0 bridgehead atoms. The average Bonchev–Trinajstić information content (AvgIpc) is 3.34. The molecule has 3 unspecified atom stereocenters. The fourth-order valence-electron chi connectivity index (χ4n) is 5.02. The highest BCUT2D eigenvalue weighted by atomic mass is 31.2. The summed E-state index contributed by atoms with van der Waals surface area (Å²) in [7, 11) is -2.25. The molecule has 1 fully saturated rings. The normalized spacial score (nSPS) is 23.8. The van der Waals surface area contributed by atoms with E-state index in [0.717, 1.165) is 41.5 Å². The van der Waals surface area contributed by atoms with Gasteiger partial charge in [0.05, 0.1) is 18.7 Å². The number of carbonyl (C=O) groups is 1. The van der Waals surface area contributed by atoms with Crippen molar-refractivity contribution in [3.8, 4) is 11.6 Å². The number of fused-ring (bicyclic) bond motifs is 2. The van der Waals surface area contributed by atoms with E-state index in [9.17, 15) is 18.9 Å². The zero-order valence-corrected chi connectivity index (χ0v) is 19.2. The maximum absolute atomic E-state index is 13.5. The first-order chi connectivity index (χ1) is 15.8. The van der Waals surface area contributed by atoms with Gasteiger partial charge in [0, 0.05) is 18.4 Å². The number of rotatable bonds is 6. The van der Waals surface area contributed by atoms with Gasteiger partial charge in [-0.1, -0.05) is 54.8 Å². The van der Waals surface area contributed by atoms with Crippen LogP contribution in [0.2, 0.25) is 0 Å². The van der Waals surface area contributed by atoms with Crippen molar-refractivity contribution in [1.29, 1.82) is 0 Å². The summed E-state index contributed by atoms with van der Waals surface area (Å²) in [5.41, 5.74) is 6.63. The number of benzene rings is 2. The highest BCUT2D eigenvalue weighted by Gasteiger charge is 2.47. The molecule has 0 aromatic heterocycles. The van der Waals surface area contributed by atoms with E-state index in [0.29, 0.717) is 0 Å². The molecule has 4 rings (SSSR count). The zero-order valence-electron chi connectivity index (χ0n) is 18.3. The summed E-state index contributed by atoms with van der Waals surface area (Å²) in [6, 6.07) is 14.6. The summed E-state index contributed by atoms with van der Waals surface area (Å²) < 4.78 is 31.8. The number of allylic oxidation sites excluding steroid dienone is 1. The van der Waals surface area contributed by atoms with Crippen LogP contribution in [0.1, 0.15) is 42.4 Å². The Morgan fingerprint density at radius 2 is 2.00 bits per heavy atom. The molecule has 2 aliphatic carbocycles. The lowest BCUT2D eigenvalue weighted by Crippen LogP contribution is -2.25. The highest BCUT2D eigenvalue weighted by molar-refractivity contribution is 7.64. The first-order valence-corrected chi connectivity index (χ1v) is 12.7. The van der Waals surface area contributed by atoms with Gasteiger partial charge in [-0.2, -0.15) is 0 Å². The third kappa shape index (κ3) is 4.68. The van der Waals surface area contributed by atoms with Gasteiger partial charge in [-0.3, -0.25) is 9.36 Å². The molecule has 5 nitrogen and oxygen atoms in total. The summed E-state index contributed by atoms with van der Waals surface area (Å²) in [6.07, 6.45) is 2.73. The Kier molecular flexibility index (Phi) is 6.59. The largest absolute Gasteiger partial charge is 0.481 e. The van der Waals surface area contributed by atoms with Crippen molar-refractivity contribution in [2.45, 2.75) is 37.2 Å². The monoisotopic (exact) mass is 468 g/mol. The van der Waals surface area contributed by atoms with Crippen molar-refractivity contribution in [1.82, 2.24) is 0 Å². The molecule has 2 aromatic carbocycles. The summed E-state index contributed by atoms with van der Waals surface area (Å²) in [5, 5.41) is 18.8. The first kappa shape index (κ1) is 23.4. The van der Waals surface area contributed by atoms with E-state index in [1.807, 2.05) is 12.1 Å². The van der Waals surface area contributed by atoms with E-state index in [4.69, 9.17) is 9.63 Å². The molecule has 1 saturated carbocycles. The number of hydrogen-bond donors (Lipinski definition) is 2. The van der Waals surface area contributed by atoms with Crippen LogP contribution in [0.5, 0.6) is 0 Å². The summed E-state index contributed by atoms with van der Waals surface area (Å²) in [4.78, 5) is 10.9. The lowest BCUT2D eigenvalue weighted by atomic mass is 9.74. The maximum atomic E-state index is 13.5. The minimum atomic E-state index is -3.52. The van der Waals surface area contributed by atoms with Crippen molar-refractivity contribution in [2.24, 2.45) is 5.92 Å². The Morgan fingerprint density at radius 3 is 2.70 bits per heavy atom. The first-order valence-electron chi connectivity index (χ1n) is 10.9. The van der Waals surface area contributed by atoms with E-state index in [-0.39, 0.29) is 23.3 Å². The lowest BCUT2D eigenvalue weighted by molar-refractivity contribution is -0.138. The van der Waals surface area contributed by atoms with Gasteiger partial charge < -0.3 is 14.7 Å². The van der Waals surface area contributed by atoms with Gasteiger partial charge in [-0.05, 0) is 52.9 Å². The van der Waals surface area contributed by atoms with Crippen LogP contribution in [0.4, 0.5) is 4.39 Å². The van der Waals surface area contributed by atoms with Crippen LogP contribution in [-0.2, 0) is 19.3 Å². The zero-order chi connectivity index (χ0) is 23.6. The van der Waals surface area contributed by atoms with Crippen molar-refractivity contribution in [3.63, 3.8) is 0 Å². The fraction of sp³-hybridized carbons (Fsp3) is 0.346. The number of carboxylic acids is 1. The van der Waals surface area contributed by atoms with E-state index < -0.39 is 25.9 Å². The van der Waals surface area contributed by atoms with E-state index >= 15 is 0 Å². The maximum Gasteiger partial charge on any atom is 0.305 e. The smallest absolute Gasteiger partial charge is 0.305 e. The molecule has 7 heteroatoms. The SMILES string of the molecule is COP(=O)(C#CC1CCCC12C=C(c1ccc(F)cc1)c1ccccc12)C[C@@H](O)CC(=O)O. The van der Waals surface area contributed by atoms with Crippen LogP contribution >= 0.6 is 7.37 Å². The quantitative estimate of drug-likeness (QED) is 0.459. The molecule has 33 heavy (non-hydrogen) atoms. The predicted molar refractivity (Wildman–Crippen MR) is 124 cm³/mol. The molecule has 0 amide bonds. The third-order valence-corrected chi connectivity index (χ3v) is 8.51. The van der Waals surface area contributed by atoms with E-state index in [1.54, 1.807) is 12.1 Å². The topological polar surface area (TPSA) is 83.8 Å². The van der Waals surface area contributed by atoms with Gasteiger partial charge in [0.25, 0.3) is 7.37 Å². The number of carboxylic acid groups (broad SMARTS) is 1. The van der Waals surface area contributed by atoms with E-state index in [2.05, 4.69) is 29.8 Å². The Bertz CT molecular complexity index is 1190. The Morgan fingerprint density at radius 1 is 1.27 bits per heavy atom. The lowest BCUT2D eigenvalue weighted by Gasteiger charge is -2.28. The van der Waals surface area contributed by atoms with Crippen LogP contribution in [0, 0.1) is 23.3 Å². The second-order valence-corrected chi connectivity index (χ2v) is 10.9. The Balaban J connectivity index is 1.70.